The molecule has 4 nitrogen and oxygen atoms in total. The quantitative estimate of drug-likeness (QED) is 0.461. The molecule has 0 aliphatic rings. The van der Waals surface area contributed by atoms with Crippen LogP contribution in [0.5, 0.6) is 0 Å². The van der Waals surface area contributed by atoms with Crippen molar-refractivity contribution in [1.29, 1.82) is 0 Å². The minimum Gasteiger partial charge on any atom is -1.00 e. The molecule has 1 N–H and O–H groups in total. The Hall–Kier alpha value is -1.56. The van der Waals surface area contributed by atoms with E-state index in [1.54, 1.807) is 12.1 Å². The summed E-state index contributed by atoms with van der Waals surface area (Å²) in [6, 6.07) is 23.3. The maximum absolute atomic E-state index is 11.5. The van der Waals surface area contributed by atoms with Gasteiger partial charge in [0, 0.05) is 6.26 Å². The van der Waals surface area contributed by atoms with E-state index in [0.29, 0.717) is 0 Å². The molecule has 167 valence electrons. The van der Waals surface area contributed by atoms with Crippen molar-refractivity contribution in [2.24, 2.45) is 0 Å². The van der Waals surface area contributed by atoms with Crippen molar-refractivity contribution in [3.05, 3.63) is 117 Å². The van der Waals surface area contributed by atoms with Crippen LogP contribution in [-0.2, 0) is 29.5 Å². The summed E-state index contributed by atoms with van der Waals surface area (Å²) in [7, 11) is -3.52. The van der Waals surface area contributed by atoms with Gasteiger partial charge in [-0.2, -0.15) is 0 Å². The first kappa shape index (κ1) is 29.4. The Balaban J connectivity index is 0.000000695. The molecular weight excluding hydrogens is 517 g/mol. The van der Waals surface area contributed by atoms with Gasteiger partial charge in [-0.15, -0.1) is 12.1 Å². The molecule has 0 fully saturated rings. The molecule has 0 amide bonds. The molecular formula is C24H28ClN2O2RuS. The van der Waals surface area contributed by atoms with E-state index in [1.807, 2.05) is 48.5 Å². The van der Waals surface area contributed by atoms with E-state index in [4.69, 9.17) is 5.73 Å². The molecule has 0 aliphatic carbocycles. The van der Waals surface area contributed by atoms with Crippen LogP contribution >= 0.6 is 0 Å². The van der Waals surface area contributed by atoms with Gasteiger partial charge in [-0.1, -0.05) is 107 Å². The van der Waals surface area contributed by atoms with Crippen LogP contribution in [0, 0.1) is 20.8 Å². The van der Waals surface area contributed by atoms with E-state index in [2.05, 4.69) is 43.7 Å². The second kappa shape index (κ2) is 13.8. The summed E-state index contributed by atoms with van der Waals surface area (Å²) in [4.78, 5) is 0. The van der Waals surface area contributed by atoms with E-state index in [9.17, 15) is 8.42 Å². The molecule has 3 aromatic rings. The standard InChI is InChI=1S/C15H16N2O2S.C9H12.ClH.Ru/c1-20(18,19)17-15(13-10-6-3-7-11-13)14(16)12-8-4-2-5-9-12;1-7-4-8(2)6-9(3)5-7;;/h2-11,14-16H,1H3;4-6H,1-3H3;1H;/q-2;;;+3/p-1/t14-,15-;;;/m0.../s1. The Bertz CT molecular complexity index is 966. The van der Waals surface area contributed by atoms with Crippen LogP contribution in [0.2, 0.25) is 0 Å². The summed E-state index contributed by atoms with van der Waals surface area (Å²) in [5, 5.41) is 0. The number of hydrogen-bond acceptors (Lipinski definition) is 2. The molecule has 0 spiro atoms. The number of benzene rings is 3. The fourth-order valence-electron chi connectivity index (χ4n) is 3.22. The summed E-state index contributed by atoms with van der Waals surface area (Å²) in [5.74, 6) is 0. The third kappa shape index (κ3) is 10.5. The average Bonchev–Trinajstić information content (AvgIpc) is 2.66. The molecule has 1 radical (unpaired) electrons. The molecule has 0 bridgehead atoms. The summed E-state index contributed by atoms with van der Waals surface area (Å²) >= 11 is 0. The van der Waals surface area contributed by atoms with Crippen LogP contribution in [-0.4, -0.2) is 14.7 Å². The Morgan fingerprint density at radius 3 is 1.45 bits per heavy atom. The maximum atomic E-state index is 11.5. The van der Waals surface area contributed by atoms with E-state index in [1.165, 1.54) is 16.7 Å². The van der Waals surface area contributed by atoms with Crippen molar-refractivity contribution >= 4 is 10.0 Å². The topological polar surface area (TPSA) is 72.0 Å². The van der Waals surface area contributed by atoms with Crippen LogP contribution < -0.4 is 12.4 Å². The smallest absolute Gasteiger partial charge is 1.00 e. The van der Waals surface area contributed by atoms with Crippen molar-refractivity contribution < 1.29 is 40.3 Å². The van der Waals surface area contributed by atoms with Gasteiger partial charge in [0.2, 0.25) is 0 Å². The second-order valence-electron chi connectivity index (χ2n) is 7.25. The van der Waals surface area contributed by atoms with Crippen LogP contribution in [0.1, 0.15) is 39.9 Å². The molecule has 0 saturated carbocycles. The first-order valence-electron chi connectivity index (χ1n) is 9.44. The van der Waals surface area contributed by atoms with E-state index >= 15 is 0 Å². The van der Waals surface area contributed by atoms with Crippen LogP contribution in [0.15, 0.2) is 78.9 Å². The van der Waals surface area contributed by atoms with Gasteiger partial charge in [0.25, 0.3) is 0 Å². The number of hydrogen-bond donors (Lipinski definition) is 0. The first-order chi connectivity index (χ1) is 13.7. The zero-order chi connectivity index (χ0) is 21.4. The predicted octanol–water partition coefficient (Wildman–Crippen LogP) is 3.47. The first-order valence-corrected chi connectivity index (χ1v) is 11.3. The van der Waals surface area contributed by atoms with Gasteiger partial charge in [0.05, 0.1) is 10.0 Å². The van der Waals surface area contributed by atoms with Crippen molar-refractivity contribution in [2.45, 2.75) is 32.9 Å². The second-order valence-corrected chi connectivity index (χ2v) is 8.92. The van der Waals surface area contributed by atoms with Gasteiger partial charge in [-0.05, 0) is 20.8 Å². The molecule has 2 atom stereocenters. The molecule has 0 aliphatic heterocycles. The van der Waals surface area contributed by atoms with Gasteiger partial charge in [0.1, 0.15) is 0 Å². The Morgan fingerprint density at radius 1 is 0.742 bits per heavy atom. The largest absolute Gasteiger partial charge is 3.00 e. The molecule has 3 rings (SSSR count). The molecule has 0 aromatic heterocycles. The number of nitrogens with one attached hydrogen (secondary N) is 1. The summed E-state index contributed by atoms with van der Waals surface area (Å²) in [5.41, 5.74) is 13.9. The fraction of sp³-hybridized carbons (Fsp3) is 0.250. The van der Waals surface area contributed by atoms with Gasteiger partial charge >= 0.3 is 19.5 Å². The van der Waals surface area contributed by atoms with Crippen LogP contribution in [0.3, 0.4) is 0 Å². The minimum absolute atomic E-state index is 0. The molecule has 31 heavy (non-hydrogen) atoms. The molecule has 0 heterocycles. The van der Waals surface area contributed by atoms with Gasteiger partial charge in [0.15, 0.2) is 0 Å². The Kier molecular flexibility index (Phi) is 13.1. The zero-order valence-electron chi connectivity index (χ0n) is 18.1. The third-order valence-corrected chi connectivity index (χ3v) is 4.90. The van der Waals surface area contributed by atoms with Crippen LogP contribution in [0.4, 0.5) is 0 Å². The maximum Gasteiger partial charge on any atom is 3.00 e. The molecule has 0 unspecified atom stereocenters. The Morgan fingerprint density at radius 2 is 1.10 bits per heavy atom. The predicted molar refractivity (Wildman–Crippen MR) is 122 cm³/mol. The monoisotopic (exact) mass is 545 g/mol. The molecule has 7 heteroatoms. The summed E-state index contributed by atoms with van der Waals surface area (Å²) in [6.07, 6.45) is 1.06. The van der Waals surface area contributed by atoms with Crippen molar-refractivity contribution in [1.82, 2.24) is 0 Å². The van der Waals surface area contributed by atoms with Gasteiger partial charge in [-0.25, -0.2) is 8.42 Å². The van der Waals surface area contributed by atoms with E-state index in [-0.39, 0.29) is 31.9 Å². The number of aryl methyl sites for hydroxylation is 3. The SMILES string of the molecule is CS(=O)(=O)[N-][C@@H](c1ccccc1)[C@@H]([NH-])c1ccccc1.Cc1cc(C)cc(C)c1.[Cl-].[Ru+3]. The van der Waals surface area contributed by atoms with Crippen LogP contribution in [0.25, 0.3) is 10.5 Å². The fourth-order valence-corrected chi connectivity index (χ4v) is 3.87. The van der Waals surface area contributed by atoms with Crippen molar-refractivity contribution in [2.75, 3.05) is 6.26 Å². The summed E-state index contributed by atoms with van der Waals surface area (Å²) < 4.78 is 26.8. The average molecular weight is 545 g/mol. The molecule has 3 aromatic carbocycles. The van der Waals surface area contributed by atoms with Gasteiger partial charge in [-0.3, -0.25) is 0 Å². The number of nitrogens with zero attached hydrogens (tertiary/aromatic N) is 1. The summed E-state index contributed by atoms with van der Waals surface area (Å²) in [6.45, 7) is 6.38. The zero-order valence-corrected chi connectivity index (χ0v) is 21.4. The minimum atomic E-state index is -3.52. The van der Waals surface area contributed by atoms with Gasteiger partial charge < -0.3 is 22.9 Å². The van der Waals surface area contributed by atoms with Crippen molar-refractivity contribution in [3.8, 4) is 0 Å². The number of sulfonamides is 1. The molecule has 0 saturated heterocycles. The van der Waals surface area contributed by atoms with Crippen molar-refractivity contribution in [3.63, 3.8) is 0 Å². The number of halogens is 1. The normalized spacial score (nSPS) is 12.3. The van der Waals surface area contributed by atoms with E-state index < -0.39 is 22.1 Å². The number of rotatable bonds is 5. The van der Waals surface area contributed by atoms with E-state index in [0.717, 1.165) is 17.4 Å². The third-order valence-electron chi connectivity index (χ3n) is 4.29. The Labute approximate surface area is 205 Å².